The van der Waals surface area contributed by atoms with Crippen molar-refractivity contribution in [3.8, 4) is 11.8 Å². The molecule has 0 aromatic heterocycles. The van der Waals surface area contributed by atoms with E-state index in [1.165, 1.54) is 0 Å². The van der Waals surface area contributed by atoms with E-state index in [-0.39, 0.29) is 0 Å². The van der Waals surface area contributed by atoms with Gasteiger partial charge in [-0.15, -0.1) is 0 Å². The number of rotatable bonds is 2. The smallest absolute Gasteiger partial charge is 0.0459 e. The summed E-state index contributed by atoms with van der Waals surface area (Å²) < 4.78 is 0.901. The van der Waals surface area contributed by atoms with Crippen LogP contribution in [-0.4, -0.2) is 13.6 Å². The Balaban J connectivity index is 2.66. The average Bonchev–Trinajstić information content (AvgIpc) is 2.18. The van der Waals surface area contributed by atoms with Crippen molar-refractivity contribution < 1.29 is 0 Å². The van der Waals surface area contributed by atoms with Crippen LogP contribution in [0.4, 0.5) is 5.69 Å². The molecule has 0 amide bonds. The number of nitrogens with two attached hydrogens (primary N) is 1. The molecule has 14 heavy (non-hydrogen) atoms. The van der Waals surface area contributed by atoms with Crippen LogP contribution in [0.3, 0.4) is 0 Å². The molecular formula is C11H13BrN2. The number of nitrogens with one attached hydrogen (secondary N) is 1. The first-order valence-corrected chi connectivity index (χ1v) is 5.22. The van der Waals surface area contributed by atoms with Crippen molar-refractivity contribution in [3.05, 3.63) is 28.2 Å². The Kier molecular flexibility index (Phi) is 4.51. The molecule has 1 aromatic rings. The van der Waals surface area contributed by atoms with Crippen LogP contribution >= 0.6 is 15.9 Å². The molecule has 0 aliphatic heterocycles. The maximum absolute atomic E-state index is 5.66. The van der Waals surface area contributed by atoms with Crippen LogP contribution in [0.1, 0.15) is 12.0 Å². The molecule has 74 valence electrons. The summed E-state index contributed by atoms with van der Waals surface area (Å²) in [5, 5.41) is 3.04. The zero-order chi connectivity index (χ0) is 10.4. The molecule has 0 saturated carbocycles. The first kappa shape index (κ1) is 11.1. The Bertz CT molecular complexity index is 363. The number of hydrogen-bond acceptors (Lipinski definition) is 2. The molecule has 0 aliphatic carbocycles. The van der Waals surface area contributed by atoms with Gasteiger partial charge in [0.05, 0.1) is 0 Å². The maximum atomic E-state index is 5.66. The van der Waals surface area contributed by atoms with Crippen molar-refractivity contribution in [2.24, 2.45) is 0 Å². The van der Waals surface area contributed by atoms with Gasteiger partial charge in [-0.2, -0.15) is 0 Å². The molecule has 0 saturated heterocycles. The zero-order valence-electron chi connectivity index (χ0n) is 8.10. The highest BCUT2D eigenvalue weighted by atomic mass is 79.9. The zero-order valence-corrected chi connectivity index (χ0v) is 9.69. The van der Waals surface area contributed by atoms with Crippen molar-refractivity contribution in [2.45, 2.75) is 6.42 Å². The highest BCUT2D eigenvalue weighted by molar-refractivity contribution is 9.10. The Hall–Kier alpha value is -0.980. The molecule has 0 bridgehead atoms. The Labute approximate surface area is 93.0 Å². The molecule has 0 heterocycles. The van der Waals surface area contributed by atoms with Gasteiger partial charge in [0.15, 0.2) is 0 Å². The van der Waals surface area contributed by atoms with E-state index in [1.807, 2.05) is 25.2 Å². The van der Waals surface area contributed by atoms with E-state index in [4.69, 9.17) is 5.73 Å². The molecular weight excluding hydrogens is 240 g/mol. The highest BCUT2D eigenvalue weighted by Crippen LogP contribution is 2.19. The topological polar surface area (TPSA) is 38.0 Å². The number of halogens is 1. The third-order valence-corrected chi connectivity index (χ3v) is 2.42. The van der Waals surface area contributed by atoms with Gasteiger partial charge in [0.1, 0.15) is 0 Å². The molecule has 0 fully saturated rings. The standard InChI is InChI=1S/C11H13BrN2/c1-14-7-3-2-4-9-5-6-11(13)10(12)8-9/h5-6,8,14H,3,7,13H2,1H3. The average molecular weight is 253 g/mol. The molecule has 0 unspecified atom stereocenters. The van der Waals surface area contributed by atoms with Gasteiger partial charge >= 0.3 is 0 Å². The van der Waals surface area contributed by atoms with Crippen molar-refractivity contribution in [1.29, 1.82) is 0 Å². The van der Waals surface area contributed by atoms with Crippen molar-refractivity contribution >= 4 is 21.6 Å². The van der Waals surface area contributed by atoms with Gasteiger partial charge in [-0.1, -0.05) is 11.8 Å². The third kappa shape index (κ3) is 3.41. The second-order valence-electron chi connectivity index (χ2n) is 2.89. The number of hydrogen-bond donors (Lipinski definition) is 2. The van der Waals surface area contributed by atoms with Crippen LogP contribution < -0.4 is 11.1 Å². The minimum atomic E-state index is 0.741. The van der Waals surface area contributed by atoms with Gasteiger partial charge in [0.2, 0.25) is 0 Å². The Morgan fingerprint density at radius 3 is 2.93 bits per heavy atom. The summed E-state index contributed by atoms with van der Waals surface area (Å²) in [4.78, 5) is 0. The van der Waals surface area contributed by atoms with Gasteiger partial charge in [-0.05, 0) is 41.2 Å². The Morgan fingerprint density at radius 1 is 1.50 bits per heavy atom. The molecule has 2 nitrogen and oxygen atoms in total. The van der Waals surface area contributed by atoms with Crippen LogP contribution in [0.25, 0.3) is 0 Å². The van der Waals surface area contributed by atoms with Gasteiger partial charge < -0.3 is 11.1 Å². The normalized spacial score (nSPS) is 9.29. The van der Waals surface area contributed by atoms with E-state index < -0.39 is 0 Å². The quantitative estimate of drug-likeness (QED) is 0.480. The summed E-state index contributed by atoms with van der Waals surface area (Å²) in [6.45, 7) is 0.920. The van der Waals surface area contributed by atoms with Gasteiger partial charge in [-0.3, -0.25) is 0 Å². The van der Waals surface area contributed by atoms with E-state index in [0.29, 0.717) is 0 Å². The fourth-order valence-electron chi connectivity index (χ4n) is 0.957. The number of nitrogen functional groups attached to an aromatic ring is 1. The fourth-order valence-corrected chi connectivity index (χ4v) is 1.34. The summed E-state index contributed by atoms with van der Waals surface area (Å²) in [6, 6.07) is 5.71. The van der Waals surface area contributed by atoms with Crippen LogP contribution in [0.5, 0.6) is 0 Å². The fraction of sp³-hybridized carbons (Fsp3) is 0.273. The minimum absolute atomic E-state index is 0.741. The third-order valence-electron chi connectivity index (χ3n) is 1.73. The molecule has 0 spiro atoms. The van der Waals surface area contributed by atoms with Crippen molar-refractivity contribution in [2.75, 3.05) is 19.3 Å². The van der Waals surface area contributed by atoms with Crippen LogP contribution in [0, 0.1) is 11.8 Å². The van der Waals surface area contributed by atoms with E-state index >= 15 is 0 Å². The summed E-state index contributed by atoms with van der Waals surface area (Å²) in [6.07, 6.45) is 0.860. The predicted octanol–water partition coefficient (Wildman–Crippen LogP) is 1.99. The molecule has 1 rings (SSSR count). The molecule has 3 heteroatoms. The summed E-state index contributed by atoms with van der Waals surface area (Å²) in [5.41, 5.74) is 7.39. The lowest BCUT2D eigenvalue weighted by Gasteiger charge is -1.97. The number of benzene rings is 1. The van der Waals surface area contributed by atoms with Gasteiger partial charge in [0.25, 0.3) is 0 Å². The van der Waals surface area contributed by atoms with Crippen LogP contribution in [-0.2, 0) is 0 Å². The first-order chi connectivity index (χ1) is 6.74. The SMILES string of the molecule is CNCCC#Cc1ccc(N)c(Br)c1. The van der Waals surface area contributed by atoms with Crippen molar-refractivity contribution in [3.63, 3.8) is 0 Å². The summed E-state index contributed by atoms with van der Waals surface area (Å²) >= 11 is 3.36. The number of anilines is 1. The minimum Gasteiger partial charge on any atom is -0.398 e. The van der Waals surface area contributed by atoms with Gasteiger partial charge in [0, 0.05) is 28.7 Å². The van der Waals surface area contributed by atoms with Crippen molar-refractivity contribution in [1.82, 2.24) is 5.32 Å². The second-order valence-corrected chi connectivity index (χ2v) is 3.75. The molecule has 0 aliphatic rings. The predicted molar refractivity (Wildman–Crippen MR) is 64.0 cm³/mol. The Morgan fingerprint density at radius 2 is 2.29 bits per heavy atom. The summed E-state index contributed by atoms with van der Waals surface area (Å²) in [7, 11) is 1.92. The van der Waals surface area contributed by atoms with Crippen LogP contribution in [0.15, 0.2) is 22.7 Å². The van der Waals surface area contributed by atoms with E-state index in [0.717, 1.165) is 28.7 Å². The molecule has 1 aromatic carbocycles. The van der Waals surface area contributed by atoms with Gasteiger partial charge in [-0.25, -0.2) is 0 Å². The monoisotopic (exact) mass is 252 g/mol. The highest BCUT2D eigenvalue weighted by Gasteiger charge is 1.94. The first-order valence-electron chi connectivity index (χ1n) is 4.42. The lowest BCUT2D eigenvalue weighted by Crippen LogP contribution is -2.05. The lowest BCUT2D eigenvalue weighted by atomic mass is 10.2. The molecule has 3 N–H and O–H groups in total. The van der Waals surface area contributed by atoms with E-state index in [9.17, 15) is 0 Å². The van der Waals surface area contributed by atoms with E-state index in [1.54, 1.807) is 0 Å². The molecule has 0 atom stereocenters. The van der Waals surface area contributed by atoms with Crippen LogP contribution in [0.2, 0.25) is 0 Å². The second kappa shape index (κ2) is 5.69. The lowest BCUT2D eigenvalue weighted by molar-refractivity contribution is 0.818. The maximum Gasteiger partial charge on any atom is 0.0459 e. The summed E-state index contributed by atoms with van der Waals surface area (Å²) in [5.74, 6) is 6.15. The van der Waals surface area contributed by atoms with E-state index in [2.05, 4.69) is 33.1 Å². The largest absolute Gasteiger partial charge is 0.398 e. The molecule has 0 radical (unpaired) electrons.